The molecule has 7 heteroatoms. The minimum absolute atomic E-state index is 0.0509. The number of piperidine rings is 1. The Kier molecular flexibility index (Phi) is 5.62. The van der Waals surface area contributed by atoms with Gasteiger partial charge in [-0.15, -0.1) is 0 Å². The highest BCUT2D eigenvalue weighted by Gasteiger charge is 2.34. The first-order chi connectivity index (χ1) is 13.5. The Labute approximate surface area is 173 Å². The van der Waals surface area contributed by atoms with E-state index in [0.717, 1.165) is 54.0 Å². The van der Waals surface area contributed by atoms with Gasteiger partial charge in [-0.3, -0.25) is 14.6 Å². The minimum atomic E-state index is -0.197. The molecule has 148 valence electrons. The number of carbonyl (C=O) groups is 2. The molecule has 2 fully saturated rings. The van der Waals surface area contributed by atoms with Crippen LogP contribution in [0, 0.1) is 11.8 Å². The van der Waals surface area contributed by atoms with Crippen LogP contribution in [0.15, 0.2) is 29.0 Å². The van der Waals surface area contributed by atoms with Crippen LogP contribution in [-0.4, -0.2) is 45.8 Å². The molecule has 3 heterocycles. The van der Waals surface area contributed by atoms with Crippen LogP contribution in [0.5, 0.6) is 0 Å². The molecular weight excluding hydrogens is 420 g/mol. The second-order valence-electron chi connectivity index (χ2n) is 8.00. The van der Waals surface area contributed by atoms with Crippen molar-refractivity contribution in [2.24, 2.45) is 11.8 Å². The van der Waals surface area contributed by atoms with Crippen molar-refractivity contribution < 1.29 is 9.59 Å². The van der Waals surface area contributed by atoms with Crippen molar-refractivity contribution in [3.05, 3.63) is 34.7 Å². The Balaban J connectivity index is 1.46. The zero-order valence-corrected chi connectivity index (χ0v) is 17.6. The highest BCUT2D eigenvalue weighted by atomic mass is 79.9. The molecule has 1 aliphatic carbocycles. The van der Waals surface area contributed by atoms with Gasteiger partial charge in [-0.2, -0.15) is 0 Å². The molecule has 28 heavy (non-hydrogen) atoms. The molecule has 4 rings (SSSR count). The molecule has 2 aromatic rings. The van der Waals surface area contributed by atoms with E-state index in [2.05, 4.69) is 38.1 Å². The van der Waals surface area contributed by atoms with Crippen molar-refractivity contribution in [3.8, 4) is 0 Å². The van der Waals surface area contributed by atoms with E-state index in [0.29, 0.717) is 18.2 Å². The number of rotatable bonds is 3. The first-order valence-corrected chi connectivity index (χ1v) is 10.8. The van der Waals surface area contributed by atoms with Crippen molar-refractivity contribution in [1.82, 2.24) is 20.2 Å². The molecule has 6 nitrogen and oxygen atoms in total. The molecule has 0 aromatic carbocycles. The van der Waals surface area contributed by atoms with E-state index in [4.69, 9.17) is 0 Å². The number of carbonyl (C=O) groups excluding carboxylic acids is 2. The lowest BCUT2D eigenvalue weighted by atomic mass is 9.92. The lowest BCUT2D eigenvalue weighted by molar-refractivity contribution is -0.137. The van der Waals surface area contributed by atoms with Gasteiger partial charge in [-0.25, -0.2) is 4.98 Å². The summed E-state index contributed by atoms with van der Waals surface area (Å²) in [4.78, 5) is 36.2. The van der Waals surface area contributed by atoms with Gasteiger partial charge < -0.3 is 10.2 Å². The SMILES string of the molecule is CC1CCN(C(=O)C2CCCC2)CC1NC(=O)c1ccc2cncc(Br)c2n1. The summed E-state index contributed by atoms with van der Waals surface area (Å²) in [6.45, 7) is 3.51. The molecule has 2 amide bonds. The Morgan fingerprint density at radius 1 is 1.18 bits per heavy atom. The fourth-order valence-electron chi connectivity index (χ4n) is 4.27. The summed E-state index contributed by atoms with van der Waals surface area (Å²) < 4.78 is 0.763. The highest BCUT2D eigenvalue weighted by Crippen LogP contribution is 2.28. The van der Waals surface area contributed by atoms with Gasteiger partial charge in [0.2, 0.25) is 5.91 Å². The largest absolute Gasteiger partial charge is 0.346 e. The van der Waals surface area contributed by atoms with Crippen LogP contribution < -0.4 is 5.32 Å². The van der Waals surface area contributed by atoms with Gasteiger partial charge in [-0.1, -0.05) is 19.8 Å². The van der Waals surface area contributed by atoms with Gasteiger partial charge in [0.15, 0.2) is 0 Å². The maximum absolute atomic E-state index is 12.8. The third-order valence-corrected chi connectivity index (χ3v) is 6.66. The highest BCUT2D eigenvalue weighted by molar-refractivity contribution is 9.10. The second-order valence-corrected chi connectivity index (χ2v) is 8.86. The summed E-state index contributed by atoms with van der Waals surface area (Å²) in [5, 5.41) is 4.00. The Morgan fingerprint density at radius 2 is 1.96 bits per heavy atom. The third kappa shape index (κ3) is 3.90. The molecule has 1 saturated carbocycles. The van der Waals surface area contributed by atoms with Gasteiger partial charge in [0.25, 0.3) is 5.91 Å². The number of hydrogen-bond donors (Lipinski definition) is 1. The normalized spacial score (nSPS) is 23.1. The minimum Gasteiger partial charge on any atom is -0.346 e. The van der Waals surface area contributed by atoms with Crippen molar-refractivity contribution >= 4 is 38.6 Å². The molecule has 0 bridgehead atoms. The molecule has 1 saturated heterocycles. The number of likely N-dealkylation sites (tertiary alicyclic amines) is 1. The molecule has 1 N–H and O–H groups in total. The first kappa shape index (κ1) is 19.3. The lowest BCUT2D eigenvalue weighted by Gasteiger charge is -2.38. The van der Waals surface area contributed by atoms with Crippen molar-refractivity contribution in [1.29, 1.82) is 0 Å². The number of pyridine rings is 2. The summed E-state index contributed by atoms with van der Waals surface area (Å²) in [7, 11) is 0. The number of fused-ring (bicyclic) bond motifs is 1. The maximum Gasteiger partial charge on any atom is 0.270 e. The molecule has 2 aromatic heterocycles. The number of hydrogen-bond acceptors (Lipinski definition) is 4. The van der Waals surface area contributed by atoms with Crippen LogP contribution in [0.2, 0.25) is 0 Å². The van der Waals surface area contributed by atoms with Crippen LogP contribution in [0.1, 0.15) is 49.5 Å². The standard InChI is InChI=1S/C21H25BrN4O2/c1-13-8-9-26(21(28)14-4-2-3-5-14)12-18(13)25-20(27)17-7-6-15-10-23-11-16(22)19(15)24-17/h6-7,10-11,13-14,18H,2-5,8-9,12H2,1H3,(H,25,27). The molecule has 0 radical (unpaired) electrons. The fraction of sp³-hybridized carbons (Fsp3) is 0.524. The van der Waals surface area contributed by atoms with Crippen LogP contribution in [0.4, 0.5) is 0 Å². The number of nitrogens with one attached hydrogen (secondary N) is 1. The second kappa shape index (κ2) is 8.15. The monoisotopic (exact) mass is 444 g/mol. The van der Waals surface area contributed by atoms with E-state index in [1.165, 1.54) is 0 Å². The van der Waals surface area contributed by atoms with E-state index < -0.39 is 0 Å². The molecular formula is C21H25BrN4O2. The maximum atomic E-state index is 12.8. The number of halogens is 1. The lowest BCUT2D eigenvalue weighted by Crippen LogP contribution is -2.54. The Morgan fingerprint density at radius 3 is 2.75 bits per heavy atom. The molecule has 2 atom stereocenters. The molecule has 0 spiro atoms. The van der Waals surface area contributed by atoms with Crippen LogP contribution in [0.25, 0.3) is 10.9 Å². The van der Waals surface area contributed by atoms with Gasteiger partial charge in [0, 0.05) is 42.8 Å². The summed E-state index contributed by atoms with van der Waals surface area (Å²) in [5.74, 6) is 0.576. The van der Waals surface area contributed by atoms with E-state index in [1.807, 2.05) is 11.0 Å². The molecule has 2 aliphatic rings. The quantitative estimate of drug-likeness (QED) is 0.784. The first-order valence-electron chi connectivity index (χ1n) is 10.0. The topological polar surface area (TPSA) is 75.2 Å². The predicted octanol–water partition coefficient (Wildman–Crippen LogP) is 3.55. The summed E-state index contributed by atoms with van der Waals surface area (Å²) in [6, 6.07) is 3.53. The van der Waals surface area contributed by atoms with E-state index in [-0.39, 0.29) is 23.8 Å². The van der Waals surface area contributed by atoms with E-state index in [9.17, 15) is 9.59 Å². The van der Waals surface area contributed by atoms with Gasteiger partial charge >= 0.3 is 0 Å². The average molecular weight is 445 g/mol. The molecule has 2 unspecified atom stereocenters. The summed E-state index contributed by atoms with van der Waals surface area (Å²) >= 11 is 3.44. The zero-order chi connectivity index (χ0) is 19.7. The summed E-state index contributed by atoms with van der Waals surface area (Å²) in [5.41, 5.74) is 1.10. The average Bonchev–Trinajstić information content (AvgIpc) is 3.24. The molecule has 1 aliphatic heterocycles. The van der Waals surface area contributed by atoms with Gasteiger partial charge in [-0.05, 0) is 53.2 Å². The van der Waals surface area contributed by atoms with E-state index >= 15 is 0 Å². The van der Waals surface area contributed by atoms with Crippen molar-refractivity contribution in [2.75, 3.05) is 13.1 Å². The number of amides is 2. The smallest absolute Gasteiger partial charge is 0.270 e. The third-order valence-electron chi connectivity index (χ3n) is 6.08. The van der Waals surface area contributed by atoms with Gasteiger partial charge in [0.05, 0.1) is 9.99 Å². The van der Waals surface area contributed by atoms with Crippen molar-refractivity contribution in [3.63, 3.8) is 0 Å². The van der Waals surface area contributed by atoms with Crippen LogP contribution >= 0.6 is 15.9 Å². The fourth-order valence-corrected chi connectivity index (χ4v) is 4.70. The number of nitrogens with zero attached hydrogens (tertiary/aromatic N) is 3. The van der Waals surface area contributed by atoms with Crippen LogP contribution in [-0.2, 0) is 4.79 Å². The Bertz CT molecular complexity index is 897. The van der Waals surface area contributed by atoms with Crippen LogP contribution in [0.3, 0.4) is 0 Å². The van der Waals surface area contributed by atoms with E-state index in [1.54, 1.807) is 18.5 Å². The predicted molar refractivity (Wildman–Crippen MR) is 111 cm³/mol. The zero-order valence-electron chi connectivity index (χ0n) is 16.0. The summed E-state index contributed by atoms with van der Waals surface area (Å²) in [6.07, 6.45) is 8.63. The van der Waals surface area contributed by atoms with Crippen molar-refractivity contribution in [2.45, 2.75) is 45.1 Å². The Hall–Kier alpha value is -2.02. The van der Waals surface area contributed by atoms with Gasteiger partial charge in [0.1, 0.15) is 5.69 Å². The number of aromatic nitrogens is 2.